The molecule has 0 aliphatic heterocycles. The van der Waals surface area contributed by atoms with Crippen LogP contribution in [0.15, 0.2) is 23.6 Å². The predicted molar refractivity (Wildman–Crippen MR) is 62.0 cm³/mol. The van der Waals surface area contributed by atoms with E-state index in [1.54, 1.807) is 0 Å². The van der Waals surface area contributed by atoms with Gasteiger partial charge in [0.1, 0.15) is 0 Å². The van der Waals surface area contributed by atoms with Gasteiger partial charge < -0.3 is 5.11 Å². The molecule has 0 aromatic heterocycles. The largest absolute Gasteiger partial charge is 0.396 e. The molecule has 0 aromatic rings. The molecule has 0 bridgehead atoms. The fraction of sp³-hybridized carbons (Fsp3) is 0.636. The number of rotatable bonds is 6. The van der Waals surface area contributed by atoms with Crippen LogP contribution < -0.4 is 0 Å². The van der Waals surface area contributed by atoms with Crippen LogP contribution in [0.2, 0.25) is 0 Å². The highest BCUT2D eigenvalue weighted by Crippen LogP contribution is 2.29. The monoisotopic (exact) mass is 200 g/mol. The zero-order valence-corrected chi connectivity index (χ0v) is 9.53. The molecule has 0 atom stereocenters. The first-order valence-electron chi connectivity index (χ1n) is 4.56. The average molecular weight is 200 g/mol. The fourth-order valence-corrected chi connectivity index (χ4v) is 1.17. The van der Waals surface area contributed by atoms with E-state index in [-0.39, 0.29) is 12.0 Å². The Morgan fingerprint density at radius 1 is 1.31 bits per heavy atom. The van der Waals surface area contributed by atoms with Crippen LogP contribution in [-0.4, -0.2) is 11.7 Å². The van der Waals surface area contributed by atoms with E-state index in [4.69, 9.17) is 5.11 Å². The van der Waals surface area contributed by atoms with Crippen LogP contribution in [0.5, 0.6) is 0 Å². The first kappa shape index (κ1) is 12.8. The third-order valence-electron chi connectivity index (χ3n) is 2.30. The third-order valence-corrected chi connectivity index (χ3v) is 2.62. The van der Waals surface area contributed by atoms with Crippen LogP contribution in [0.4, 0.5) is 0 Å². The number of hydrogen-bond acceptors (Lipinski definition) is 2. The number of aliphatic hydroxyl groups is 1. The van der Waals surface area contributed by atoms with Gasteiger partial charge in [0.15, 0.2) is 0 Å². The second kappa shape index (κ2) is 5.51. The molecule has 0 aliphatic rings. The molecule has 0 aliphatic carbocycles. The zero-order chi connectivity index (χ0) is 10.5. The standard InChI is InChI=1S/C11H20OS/c1-9(10(2)13)5-6-11(3,4)7-8-12/h12-13H,1-2,5-8H2,3-4H3. The topological polar surface area (TPSA) is 20.2 Å². The van der Waals surface area contributed by atoms with Crippen molar-refractivity contribution < 1.29 is 5.11 Å². The van der Waals surface area contributed by atoms with E-state index in [0.717, 1.165) is 29.7 Å². The van der Waals surface area contributed by atoms with Crippen LogP contribution in [-0.2, 0) is 0 Å². The van der Waals surface area contributed by atoms with Gasteiger partial charge in [0.05, 0.1) is 0 Å². The van der Waals surface area contributed by atoms with Gasteiger partial charge in [-0.15, -0.1) is 12.6 Å². The summed E-state index contributed by atoms with van der Waals surface area (Å²) in [7, 11) is 0. The highest BCUT2D eigenvalue weighted by Gasteiger charge is 2.16. The van der Waals surface area contributed by atoms with Crippen molar-refractivity contribution in [3.05, 3.63) is 23.6 Å². The normalized spacial score (nSPS) is 11.4. The Hall–Kier alpha value is -0.210. The Kier molecular flexibility index (Phi) is 5.42. The summed E-state index contributed by atoms with van der Waals surface area (Å²) in [5.41, 5.74) is 1.18. The Morgan fingerprint density at radius 2 is 1.85 bits per heavy atom. The molecule has 76 valence electrons. The van der Waals surface area contributed by atoms with Crippen LogP contribution in [0, 0.1) is 5.41 Å². The molecule has 0 amide bonds. The lowest BCUT2D eigenvalue weighted by molar-refractivity contribution is 0.202. The Labute approximate surface area is 87.0 Å². The van der Waals surface area contributed by atoms with Crippen LogP contribution >= 0.6 is 12.6 Å². The molecule has 0 heterocycles. The molecule has 0 saturated carbocycles. The van der Waals surface area contributed by atoms with Gasteiger partial charge in [0.25, 0.3) is 0 Å². The molecule has 0 spiro atoms. The summed E-state index contributed by atoms with van der Waals surface area (Å²) >= 11 is 4.13. The van der Waals surface area contributed by atoms with Gasteiger partial charge in [-0.2, -0.15) is 0 Å². The van der Waals surface area contributed by atoms with Crippen molar-refractivity contribution in [3.8, 4) is 0 Å². The quantitative estimate of drug-likeness (QED) is 0.498. The molecule has 0 rings (SSSR count). The highest BCUT2D eigenvalue weighted by atomic mass is 32.1. The second-order valence-corrected chi connectivity index (χ2v) is 4.73. The van der Waals surface area contributed by atoms with Gasteiger partial charge in [-0.1, -0.05) is 27.0 Å². The summed E-state index contributed by atoms with van der Waals surface area (Å²) in [5.74, 6) is 0. The van der Waals surface area contributed by atoms with Gasteiger partial charge in [0, 0.05) is 6.61 Å². The van der Waals surface area contributed by atoms with Crippen molar-refractivity contribution in [3.63, 3.8) is 0 Å². The molecule has 1 nitrogen and oxygen atoms in total. The van der Waals surface area contributed by atoms with Crippen molar-refractivity contribution in [2.24, 2.45) is 5.41 Å². The summed E-state index contributed by atoms with van der Waals surface area (Å²) in [6.45, 7) is 12.1. The van der Waals surface area contributed by atoms with Crippen LogP contribution in [0.1, 0.15) is 33.1 Å². The van der Waals surface area contributed by atoms with E-state index < -0.39 is 0 Å². The van der Waals surface area contributed by atoms with Crippen molar-refractivity contribution in [1.82, 2.24) is 0 Å². The predicted octanol–water partition coefficient (Wildman–Crippen LogP) is 3.17. The van der Waals surface area contributed by atoms with Crippen LogP contribution in [0.25, 0.3) is 0 Å². The molecule has 0 fully saturated rings. The summed E-state index contributed by atoms with van der Waals surface area (Å²) in [4.78, 5) is 0.764. The number of thiol groups is 1. The highest BCUT2D eigenvalue weighted by molar-refractivity contribution is 7.84. The van der Waals surface area contributed by atoms with E-state index in [1.807, 2.05) is 0 Å². The van der Waals surface area contributed by atoms with Crippen molar-refractivity contribution >= 4 is 12.6 Å². The number of aliphatic hydroxyl groups excluding tert-OH is 1. The first-order valence-corrected chi connectivity index (χ1v) is 5.00. The van der Waals surface area contributed by atoms with Crippen LogP contribution in [0.3, 0.4) is 0 Å². The number of allylic oxidation sites excluding steroid dienone is 1. The molecule has 1 N–H and O–H groups in total. The Bertz CT molecular complexity index is 194. The molecule has 0 saturated heterocycles. The number of hydrogen-bond donors (Lipinski definition) is 2. The van der Waals surface area contributed by atoms with E-state index >= 15 is 0 Å². The van der Waals surface area contributed by atoms with E-state index in [9.17, 15) is 0 Å². The van der Waals surface area contributed by atoms with Gasteiger partial charge in [-0.3, -0.25) is 0 Å². The maximum atomic E-state index is 8.82. The van der Waals surface area contributed by atoms with Gasteiger partial charge in [-0.25, -0.2) is 0 Å². The van der Waals surface area contributed by atoms with Gasteiger partial charge >= 0.3 is 0 Å². The lowest BCUT2D eigenvalue weighted by Crippen LogP contribution is -2.13. The maximum absolute atomic E-state index is 8.82. The van der Waals surface area contributed by atoms with Crippen molar-refractivity contribution in [2.45, 2.75) is 33.1 Å². The zero-order valence-electron chi connectivity index (χ0n) is 8.64. The second-order valence-electron chi connectivity index (χ2n) is 4.19. The Morgan fingerprint density at radius 3 is 2.23 bits per heavy atom. The molecule has 0 radical (unpaired) electrons. The summed E-state index contributed by atoms with van der Waals surface area (Å²) < 4.78 is 0. The Balaban J connectivity index is 3.87. The van der Waals surface area contributed by atoms with E-state index in [2.05, 4.69) is 39.6 Å². The smallest absolute Gasteiger partial charge is 0.0436 e. The molecule has 0 unspecified atom stereocenters. The molecule has 13 heavy (non-hydrogen) atoms. The lowest BCUT2D eigenvalue weighted by atomic mass is 9.83. The minimum absolute atomic E-state index is 0.181. The first-order chi connectivity index (χ1) is 5.89. The SMILES string of the molecule is C=C(S)C(=C)CCC(C)(C)CCO. The van der Waals surface area contributed by atoms with Gasteiger partial charge in [-0.05, 0) is 35.2 Å². The maximum Gasteiger partial charge on any atom is 0.0436 e. The minimum atomic E-state index is 0.181. The summed E-state index contributed by atoms with van der Waals surface area (Å²) in [6, 6.07) is 0. The van der Waals surface area contributed by atoms with Crippen molar-refractivity contribution in [2.75, 3.05) is 6.61 Å². The van der Waals surface area contributed by atoms with E-state index in [1.165, 1.54) is 0 Å². The molecule has 0 aromatic carbocycles. The van der Waals surface area contributed by atoms with Crippen molar-refractivity contribution in [1.29, 1.82) is 0 Å². The molecular weight excluding hydrogens is 180 g/mol. The minimum Gasteiger partial charge on any atom is -0.396 e. The third kappa shape index (κ3) is 5.94. The fourth-order valence-electron chi connectivity index (χ4n) is 1.06. The summed E-state index contributed by atoms with van der Waals surface area (Å²) in [5, 5.41) is 8.82. The van der Waals surface area contributed by atoms with E-state index in [0.29, 0.717) is 0 Å². The lowest BCUT2D eigenvalue weighted by Gasteiger charge is -2.23. The average Bonchev–Trinajstić information content (AvgIpc) is 2.00. The molecular formula is C11H20OS. The van der Waals surface area contributed by atoms with Gasteiger partial charge in [0.2, 0.25) is 0 Å². The summed E-state index contributed by atoms with van der Waals surface area (Å²) in [6.07, 6.45) is 2.76. The molecule has 2 heteroatoms.